The number of pyridine rings is 2. The number of benzene rings is 1. The highest BCUT2D eigenvalue weighted by Gasteiger charge is 2.32. The van der Waals surface area contributed by atoms with Crippen molar-refractivity contribution in [2.75, 3.05) is 43.6 Å². The van der Waals surface area contributed by atoms with E-state index in [1.54, 1.807) is 42.5 Å². The number of methoxy groups -OCH3 is 1. The Bertz CT molecular complexity index is 1230. The van der Waals surface area contributed by atoms with Crippen molar-refractivity contribution in [1.29, 1.82) is 0 Å². The van der Waals surface area contributed by atoms with Crippen LogP contribution in [0.25, 0.3) is 11.0 Å². The zero-order chi connectivity index (χ0) is 23.5. The minimum atomic E-state index is -0.392. The second-order valence-electron chi connectivity index (χ2n) is 8.11. The van der Waals surface area contributed by atoms with Crippen LogP contribution in [-0.4, -0.2) is 61.4 Å². The summed E-state index contributed by atoms with van der Waals surface area (Å²) in [5, 5.41) is 6.18. The molecule has 1 atom stereocenters. The van der Waals surface area contributed by atoms with Gasteiger partial charge in [-0.1, -0.05) is 0 Å². The summed E-state index contributed by atoms with van der Waals surface area (Å²) in [4.78, 5) is 34.4. The summed E-state index contributed by atoms with van der Waals surface area (Å²) in [6, 6.07) is 11.0. The number of rotatable bonds is 8. The predicted molar refractivity (Wildman–Crippen MR) is 125 cm³/mol. The number of fused-ring (bicyclic) bond motifs is 2. The van der Waals surface area contributed by atoms with Gasteiger partial charge in [0.1, 0.15) is 11.9 Å². The molecule has 0 radical (unpaired) electrons. The SMILES string of the molecule is COc1ccc2nccc(CCNCC[C@H]3CN(c4ccc5c(c4)NC(=O)CO5)C(=O)O3)c2n1. The first-order chi connectivity index (χ1) is 16.6. The summed E-state index contributed by atoms with van der Waals surface area (Å²) >= 11 is 0. The van der Waals surface area contributed by atoms with Gasteiger partial charge in [-0.15, -0.1) is 0 Å². The second-order valence-corrected chi connectivity index (χ2v) is 8.11. The number of hydrogen-bond acceptors (Lipinski definition) is 8. The summed E-state index contributed by atoms with van der Waals surface area (Å²) < 4.78 is 16.1. The maximum Gasteiger partial charge on any atom is 0.414 e. The lowest BCUT2D eigenvalue weighted by Gasteiger charge is -2.20. The van der Waals surface area contributed by atoms with Gasteiger partial charge < -0.3 is 24.8 Å². The highest BCUT2D eigenvalue weighted by atomic mass is 16.6. The third kappa shape index (κ3) is 4.58. The van der Waals surface area contributed by atoms with Crippen LogP contribution >= 0.6 is 0 Å². The molecule has 0 unspecified atom stereocenters. The van der Waals surface area contributed by atoms with E-state index in [0.29, 0.717) is 42.5 Å². The maximum atomic E-state index is 12.4. The Kier molecular flexibility index (Phi) is 6.13. The number of aromatic nitrogens is 2. The number of nitrogens with one attached hydrogen (secondary N) is 2. The minimum Gasteiger partial charge on any atom is -0.482 e. The van der Waals surface area contributed by atoms with Crippen LogP contribution in [0.2, 0.25) is 0 Å². The molecule has 1 saturated heterocycles. The zero-order valence-electron chi connectivity index (χ0n) is 18.7. The number of ether oxygens (including phenoxy) is 3. The number of carbonyl (C=O) groups excluding carboxylic acids is 2. The second kappa shape index (κ2) is 9.52. The van der Waals surface area contributed by atoms with Gasteiger partial charge in [-0.25, -0.2) is 9.78 Å². The molecule has 2 aliphatic heterocycles. The van der Waals surface area contributed by atoms with Crippen LogP contribution < -0.4 is 25.0 Å². The van der Waals surface area contributed by atoms with Gasteiger partial charge in [-0.05, 0) is 61.8 Å². The van der Waals surface area contributed by atoms with Crippen molar-refractivity contribution in [2.45, 2.75) is 18.9 Å². The highest BCUT2D eigenvalue weighted by molar-refractivity contribution is 5.97. The van der Waals surface area contributed by atoms with Gasteiger partial charge in [-0.3, -0.25) is 14.7 Å². The lowest BCUT2D eigenvalue weighted by molar-refractivity contribution is -0.118. The molecule has 0 saturated carbocycles. The summed E-state index contributed by atoms with van der Waals surface area (Å²) in [5.41, 5.74) is 4.00. The van der Waals surface area contributed by atoms with Crippen LogP contribution in [0, 0.1) is 0 Å². The van der Waals surface area contributed by atoms with Crippen molar-refractivity contribution in [1.82, 2.24) is 15.3 Å². The fraction of sp³-hybridized carbons (Fsp3) is 0.333. The molecule has 2 N–H and O–H groups in total. The van der Waals surface area contributed by atoms with Crippen molar-refractivity contribution >= 4 is 34.4 Å². The van der Waals surface area contributed by atoms with E-state index in [2.05, 4.69) is 20.6 Å². The first-order valence-corrected chi connectivity index (χ1v) is 11.1. The van der Waals surface area contributed by atoms with Crippen LogP contribution in [-0.2, 0) is 16.0 Å². The topological polar surface area (TPSA) is 115 Å². The van der Waals surface area contributed by atoms with Gasteiger partial charge in [0.25, 0.3) is 5.91 Å². The molecule has 1 fully saturated rings. The minimum absolute atomic E-state index is 0.00470. The molecule has 176 valence electrons. The first-order valence-electron chi connectivity index (χ1n) is 11.1. The molecule has 2 aromatic heterocycles. The molecule has 2 aliphatic rings. The lowest BCUT2D eigenvalue weighted by Crippen LogP contribution is -2.28. The third-order valence-electron chi connectivity index (χ3n) is 5.85. The van der Waals surface area contributed by atoms with Crippen LogP contribution in [0.4, 0.5) is 16.2 Å². The molecular formula is C24H25N5O5. The van der Waals surface area contributed by atoms with Gasteiger partial charge in [-0.2, -0.15) is 0 Å². The Balaban J connectivity index is 1.12. The van der Waals surface area contributed by atoms with Gasteiger partial charge >= 0.3 is 6.09 Å². The Labute approximate surface area is 196 Å². The van der Waals surface area contributed by atoms with Gasteiger partial charge in [0.2, 0.25) is 5.88 Å². The Morgan fingerprint density at radius 3 is 3.00 bits per heavy atom. The quantitative estimate of drug-likeness (QED) is 0.490. The summed E-state index contributed by atoms with van der Waals surface area (Å²) in [6.45, 7) is 1.91. The molecule has 10 nitrogen and oxygen atoms in total. The molecule has 0 bridgehead atoms. The largest absolute Gasteiger partial charge is 0.482 e. The van der Waals surface area contributed by atoms with Gasteiger partial charge in [0, 0.05) is 18.0 Å². The van der Waals surface area contributed by atoms with Crippen molar-refractivity contribution < 1.29 is 23.8 Å². The molecule has 0 spiro atoms. The van der Waals surface area contributed by atoms with Crippen LogP contribution in [0.3, 0.4) is 0 Å². The van der Waals surface area contributed by atoms with E-state index in [9.17, 15) is 9.59 Å². The van der Waals surface area contributed by atoms with E-state index >= 15 is 0 Å². The number of nitrogens with zero attached hydrogens (tertiary/aromatic N) is 3. The molecular weight excluding hydrogens is 438 g/mol. The third-order valence-corrected chi connectivity index (χ3v) is 5.85. The lowest BCUT2D eigenvalue weighted by atomic mass is 10.1. The molecule has 1 aromatic carbocycles. The van der Waals surface area contributed by atoms with E-state index in [1.165, 1.54) is 0 Å². The summed E-state index contributed by atoms with van der Waals surface area (Å²) in [6.07, 6.45) is 2.66. The van der Waals surface area contributed by atoms with E-state index in [0.717, 1.165) is 29.6 Å². The number of amides is 2. The number of anilines is 2. The maximum absolute atomic E-state index is 12.4. The molecule has 10 heteroatoms. The summed E-state index contributed by atoms with van der Waals surface area (Å²) in [7, 11) is 1.60. The monoisotopic (exact) mass is 463 g/mol. The molecule has 4 heterocycles. The Morgan fingerprint density at radius 1 is 1.21 bits per heavy atom. The normalized spacial score (nSPS) is 17.2. The fourth-order valence-electron chi connectivity index (χ4n) is 4.11. The van der Waals surface area contributed by atoms with Gasteiger partial charge in [0.15, 0.2) is 6.61 Å². The van der Waals surface area contributed by atoms with Crippen LogP contribution in [0.15, 0.2) is 42.6 Å². The molecule has 34 heavy (non-hydrogen) atoms. The molecule has 2 amide bonds. The van der Waals surface area contributed by atoms with E-state index in [1.807, 2.05) is 12.1 Å². The van der Waals surface area contributed by atoms with Crippen LogP contribution in [0.5, 0.6) is 11.6 Å². The Hall–Kier alpha value is -3.92. The number of cyclic esters (lactones) is 1. The molecule has 3 aromatic rings. The molecule has 5 rings (SSSR count). The number of hydrogen-bond donors (Lipinski definition) is 2. The smallest absolute Gasteiger partial charge is 0.414 e. The number of carbonyl (C=O) groups is 2. The van der Waals surface area contributed by atoms with Crippen molar-refractivity contribution in [3.63, 3.8) is 0 Å². The van der Waals surface area contributed by atoms with E-state index < -0.39 is 6.09 Å². The van der Waals surface area contributed by atoms with Crippen molar-refractivity contribution in [3.8, 4) is 11.6 Å². The van der Waals surface area contributed by atoms with Crippen LogP contribution in [0.1, 0.15) is 12.0 Å². The van der Waals surface area contributed by atoms with Gasteiger partial charge in [0.05, 0.1) is 30.4 Å². The zero-order valence-corrected chi connectivity index (χ0v) is 18.7. The summed E-state index contributed by atoms with van der Waals surface area (Å²) in [5.74, 6) is 0.940. The Morgan fingerprint density at radius 2 is 2.12 bits per heavy atom. The average Bonchev–Trinajstić information content (AvgIpc) is 3.23. The van der Waals surface area contributed by atoms with Crippen molar-refractivity contribution in [3.05, 3.63) is 48.2 Å². The van der Waals surface area contributed by atoms with E-state index in [4.69, 9.17) is 14.2 Å². The molecule has 0 aliphatic carbocycles. The first kappa shape index (κ1) is 21.9. The van der Waals surface area contributed by atoms with E-state index in [-0.39, 0.29) is 18.6 Å². The predicted octanol–water partition coefficient (Wildman–Crippen LogP) is 2.52. The highest BCUT2D eigenvalue weighted by Crippen LogP contribution is 2.33. The standard InChI is InChI=1S/C24H25N5O5/c1-32-22-5-3-18-23(28-22)15(7-11-26-18)6-9-25-10-8-17-13-29(24(31)34-17)16-2-4-20-19(12-16)27-21(30)14-33-20/h2-5,7,11-12,17,25H,6,8-10,13-14H2,1H3,(H,27,30)/t17-/m0/s1. The fourth-order valence-corrected chi connectivity index (χ4v) is 4.11. The average molecular weight is 463 g/mol. The van der Waals surface area contributed by atoms with Crippen molar-refractivity contribution in [2.24, 2.45) is 0 Å².